The first-order valence-corrected chi connectivity index (χ1v) is 9.10. The Bertz CT molecular complexity index is 571. The molecule has 1 unspecified atom stereocenters. The molecule has 136 valence electrons. The molecule has 0 amide bonds. The molecule has 2 aliphatic rings. The van der Waals surface area contributed by atoms with Crippen molar-refractivity contribution in [2.75, 3.05) is 31.2 Å². The van der Waals surface area contributed by atoms with Gasteiger partial charge < -0.3 is 14.7 Å². The number of aliphatic hydroxyl groups excluding tert-OH is 1. The van der Waals surface area contributed by atoms with E-state index in [2.05, 4.69) is 36.1 Å². The monoisotopic (exact) mass is 343 g/mol. The molecule has 1 aromatic carbocycles. The number of rotatable bonds is 4. The van der Waals surface area contributed by atoms with Crippen LogP contribution in [0, 0.1) is 12.8 Å². The number of hydrogen-bond acceptors (Lipinski definition) is 4. The summed E-state index contributed by atoms with van der Waals surface area (Å²) in [6.45, 7) is 4.44. The van der Waals surface area contributed by atoms with Crippen molar-refractivity contribution in [2.45, 2.75) is 32.6 Å². The average molecular weight is 343 g/mol. The lowest BCUT2D eigenvalue weighted by Crippen LogP contribution is -2.29. The number of esters is 1. The van der Waals surface area contributed by atoms with Gasteiger partial charge in [0.2, 0.25) is 0 Å². The molecule has 1 saturated heterocycles. The second-order valence-corrected chi connectivity index (χ2v) is 6.53. The Kier molecular flexibility index (Phi) is 8.26. The van der Waals surface area contributed by atoms with Crippen LogP contribution in [0.1, 0.15) is 31.2 Å². The van der Waals surface area contributed by atoms with E-state index in [0.717, 1.165) is 6.42 Å². The lowest BCUT2D eigenvalue weighted by Gasteiger charge is -2.28. The number of aryl methyl sites for hydroxylation is 1. The fourth-order valence-electron chi connectivity index (χ4n) is 2.91. The van der Waals surface area contributed by atoms with Gasteiger partial charge in [-0.2, -0.15) is 0 Å². The molecule has 1 fully saturated rings. The van der Waals surface area contributed by atoms with E-state index in [1.165, 1.54) is 43.6 Å². The van der Waals surface area contributed by atoms with E-state index < -0.39 is 12.6 Å². The molecule has 0 spiro atoms. The van der Waals surface area contributed by atoms with Crippen LogP contribution in [0.25, 0.3) is 0 Å². The van der Waals surface area contributed by atoms with E-state index in [1.807, 2.05) is 24.3 Å². The number of aliphatic hydroxyl groups is 1. The molecule has 0 bridgehead atoms. The Hall–Kier alpha value is -2.07. The summed E-state index contributed by atoms with van der Waals surface area (Å²) >= 11 is 0. The van der Waals surface area contributed by atoms with E-state index in [0.29, 0.717) is 6.61 Å². The van der Waals surface area contributed by atoms with Crippen molar-refractivity contribution in [1.29, 1.82) is 0 Å². The molecule has 4 heteroatoms. The molecule has 1 N–H and O–H groups in total. The standard InChI is InChI=1S/C12H17N.C9H12O3/c1-11-5-7-12(8-6-11)13-9-3-2-4-10-13;10-6-9(11)12-7-8-4-2-1-3-5-8/h5-8H,2-4,9-10H2,1H3;1-4,8,10H,5-7H2. The molecular weight excluding hydrogens is 314 g/mol. The number of ether oxygens (including phenoxy) is 1. The topological polar surface area (TPSA) is 49.8 Å². The quantitative estimate of drug-likeness (QED) is 0.848. The fraction of sp³-hybridized carbons (Fsp3) is 0.476. The van der Waals surface area contributed by atoms with E-state index in [9.17, 15) is 4.79 Å². The molecular formula is C21H29NO3. The Morgan fingerprint density at radius 2 is 1.88 bits per heavy atom. The molecule has 3 rings (SSSR count). The molecule has 4 nitrogen and oxygen atoms in total. The summed E-state index contributed by atoms with van der Waals surface area (Å²) < 4.78 is 4.76. The first kappa shape index (κ1) is 19.3. The van der Waals surface area contributed by atoms with Crippen LogP contribution < -0.4 is 4.90 Å². The molecule has 25 heavy (non-hydrogen) atoms. The Morgan fingerprint density at radius 1 is 1.16 bits per heavy atom. The van der Waals surface area contributed by atoms with Gasteiger partial charge in [-0.15, -0.1) is 0 Å². The SMILES string of the molecule is Cc1ccc(N2CCCCC2)cc1.O=C(CO)OCC1C=CC=CC1. The maximum Gasteiger partial charge on any atom is 0.331 e. The Balaban J connectivity index is 0.000000181. The first-order chi connectivity index (χ1) is 12.2. The number of benzene rings is 1. The van der Waals surface area contributed by atoms with Crippen LogP contribution in [0.4, 0.5) is 5.69 Å². The predicted octanol–water partition coefficient (Wildman–Crippen LogP) is 3.64. The Morgan fingerprint density at radius 3 is 2.48 bits per heavy atom. The van der Waals surface area contributed by atoms with Gasteiger partial charge in [0.15, 0.2) is 0 Å². The molecule has 0 radical (unpaired) electrons. The molecule has 1 aliphatic carbocycles. The van der Waals surface area contributed by atoms with Crippen molar-refractivity contribution < 1.29 is 14.6 Å². The highest BCUT2D eigenvalue weighted by molar-refractivity contribution is 5.70. The van der Waals surface area contributed by atoms with Gasteiger partial charge in [0, 0.05) is 24.7 Å². The van der Waals surface area contributed by atoms with Crippen LogP contribution in [0.5, 0.6) is 0 Å². The molecule has 0 saturated carbocycles. The molecule has 1 heterocycles. The third-order valence-electron chi connectivity index (χ3n) is 4.41. The van der Waals surface area contributed by atoms with Gasteiger partial charge in [-0.25, -0.2) is 4.79 Å². The van der Waals surface area contributed by atoms with Crippen molar-refractivity contribution in [2.24, 2.45) is 5.92 Å². The highest BCUT2D eigenvalue weighted by atomic mass is 16.5. The van der Waals surface area contributed by atoms with Crippen molar-refractivity contribution in [3.63, 3.8) is 0 Å². The minimum atomic E-state index is -0.557. The summed E-state index contributed by atoms with van der Waals surface area (Å²) in [5, 5.41) is 8.36. The average Bonchev–Trinajstić information content (AvgIpc) is 2.68. The van der Waals surface area contributed by atoms with E-state index in [-0.39, 0.29) is 5.92 Å². The third-order valence-corrected chi connectivity index (χ3v) is 4.41. The van der Waals surface area contributed by atoms with Crippen LogP contribution in [0.3, 0.4) is 0 Å². The first-order valence-electron chi connectivity index (χ1n) is 9.10. The van der Waals surface area contributed by atoms with Crippen LogP contribution in [-0.2, 0) is 9.53 Å². The Labute approximate surface area is 150 Å². The van der Waals surface area contributed by atoms with Crippen molar-refractivity contribution in [3.05, 3.63) is 54.1 Å². The summed E-state index contributed by atoms with van der Waals surface area (Å²) in [6.07, 6.45) is 12.9. The zero-order chi connectivity index (χ0) is 17.9. The van der Waals surface area contributed by atoms with E-state index in [1.54, 1.807) is 0 Å². The second kappa shape index (κ2) is 10.7. The maximum absolute atomic E-state index is 10.5. The summed E-state index contributed by atoms with van der Waals surface area (Å²) in [6, 6.07) is 8.87. The molecule has 1 aromatic rings. The van der Waals surface area contributed by atoms with Gasteiger partial charge in [-0.3, -0.25) is 0 Å². The maximum atomic E-state index is 10.5. The van der Waals surface area contributed by atoms with Gasteiger partial charge in [0.25, 0.3) is 0 Å². The third kappa shape index (κ3) is 7.14. The highest BCUT2D eigenvalue weighted by Crippen LogP contribution is 2.19. The second-order valence-electron chi connectivity index (χ2n) is 6.53. The predicted molar refractivity (Wildman–Crippen MR) is 102 cm³/mol. The van der Waals surface area contributed by atoms with Gasteiger partial charge in [0.05, 0.1) is 6.61 Å². The number of carbonyl (C=O) groups excluding carboxylic acids is 1. The van der Waals surface area contributed by atoms with Gasteiger partial charge in [0.1, 0.15) is 6.61 Å². The number of nitrogens with zero attached hydrogens (tertiary/aromatic N) is 1. The van der Waals surface area contributed by atoms with Crippen molar-refractivity contribution >= 4 is 11.7 Å². The molecule has 0 aromatic heterocycles. The minimum absolute atomic E-state index is 0.269. The summed E-state index contributed by atoms with van der Waals surface area (Å²) in [4.78, 5) is 13.0. The van der Waals surface area contributed by atoms with Crippen molar-refractivity contribution in [1.82, 2.24) is 0 Å². The fourth-order valence-corrected chi connectivity index (χ4v) is 2.91. The summed E-state index contributed by atoms with van der Waals surface area (Å²) in [5.74, 6) is -0.288. The van der Waals surface area contributed by atoms with Gasteiger partial charge in [-0.1, -0.05) is 42.0 Å². The molecule has 1 atom stereocenters. The lowest BCUT2D eigenvalue weighted by molar-refractivity contribution is -0.147. The van der Waals surface area contributed by atoms with Gasteiger partial charge in [-0.05, 0) is 44.7 Å². The number of carbonyl (C=O) groups is 1. The molecule has 1 aliphatic heterocycles. The van der Waals surface area contributed by atoms with Crippen LogP contribution in [0.15, 0.2) is 48.6 Å². The minimum Gasteiger partial charge on any atom is -0.463 e. The van der Waals surface area contributed by atoms with Gasteiger partial charge >= 0.3 is 5.97 Å². The van der Waals surface area contributed by atoms with Crippen molar-refractivity contribution in [3.8, 4) is 0 Å². The van der Waals surface area contributed by atoms with Crippen LogP contribution in [0.2, 0.25) is 0 Å². The number of anilines is 1. The zero-order valence-corrected chi connectivity index (χ0v) is 15.1. The van der Waals surface area contributed by atoms with Crippen LogP contribution in [-0.4, -0.2) is 37.4 Å². The largest absolute Gasteiger partial charge is 0.463 e. The summed E-state index contributed by atoms with van der Waals surface area (Å²) in [7, 11) is 0. The summed E-state index contributed by atoms with van der Waals surface area (Å²) in [5.41, 5.74) is 2.74. The number of hydrogen-bond donors (Lipinski definition) is 1. The highest BCUT2D eigenvalue weighted by Gasteiger charge is 2.10. The van der Waals surface area contributed by atoms with E-state index in [4.69, 9.17) is 9.84 Å². The zero-order valence-electron chi connectivity index (χ0n) is 15.1. The van der Waals surface area contributed by atoms with Crippen LogP contribution >= 0.6 is 0 Å². The smallest absolute Gasteiger partial charge is 0.331 e. The number of piperidine rings is 1. The normalized spacial score (nSPS) is 19.1. The lowest BCUT2D eigenvalue weighted by atomic mass is 10.0. The number of allylic oxidation sites excluding steroid dienone is 3. The van der Waals surface area contributed by atoms with E-state index >= 15 is 0 Å².